The SMILES string of the molecule is CCCNc1nc(Nc2cccc(F)c2)ncc1-c1cc(CCN)no1. The largest absolute Gasteiger partial charge is 0.369 e. The lowest BCUT2D eigenvalue weighted by Crippen LogP contribution is -2.07. The van der Waals surface area contributed by atoms with Gasteiger partial charge in [-0.2, -0.15) is 4.98 Å². The number of anilines is 3. The molecule has 3 aromatic rings. The van der Waals surface area contributed by atoms with Crippen molar-refractivity contribution in [3.05, 3.63) is 48.0 Å². The topological polar surface area (TPSA) is 102 Å². The van der Waals surface area contributed by atoms with Crippen LogP contribution in [0.2, 0.25) is 0 Å². The fourth-order valence-corrected chi connectivity index (χ4v) is 2.40. The lowest BCUT2D eigenvalue weighted by molar-refractivity contribution is 0.423. The molecule has 0 bridgehead atoms. The van der Waals surface area contributed by atoms with E-state index in [-0.39, 0.29) is 5.82 Å². The van der Waals surface area contributed by atoms with Gasteiger partial charge in [-0.05, 0) is 31.2 Å². The number of nitrogens with two attached hydrogens (primary N) is 1. The summed E-state index contributed by atoms with van der Waals surface area (Å²) in [6.07, 6.45) is 3.23. The maximum atomic E-state index is 13.3. The second kappa shape index (κ2) is 8.39. The molecule has 0 spiro atoms. The first-order chi connectivity index (χ1) is 12.7. The molecule has 0 radical (unpaired) electrons. The van der Waals surface area contributed by atoms with Gasteiger partial charge in [0, 0.05) is 30.9 Å². The summed E-state index contributed by atoms with van der Waals surface area (Å²) in [4.78, 5) is 8.81. The molecule has 1 aromatic carbocycles. The minimum atomic E-state index is -0.329. The van der Waals surface area contributed by atoms with Gasteiger partial charge in [-0.25, -0.2) is 9.37 Å². The highest BCUT2D eigenvalue weighted by Gasteiger charge is 2.14. The normalized spacial score (nSPS) is 10.7. The molecule has 0 saturated carbocycles. The lowest BCUT2D eigenvalue weighted by Gasteiger charge is -2.11. The van der Waals surface area contributed by atoms with E-state index in [4.69, 9.17) is 10.3 Å². The third kappa shape index (κ3) is 4.34. The van der Waals surface area contributed by atoms with E-state index in [1.807, 2.05) is 6.07 Å². The first kappa shape index (κ1) is 17.8. The number of nitrogens with zero attached hydrogens (tertiary/aromatic N) is 3. The van der Waals surface area contributed by atoms with Crippen molar-refractivity contribution < 1.29 is 8.91 Å². The average Bonchev–Trinajstić information content (AvgIpc) is 3.09. The van der Waals surface area contributed by atoms with Gasteiger partial charge in [0.2, 0.25) is 5.95 Å². The van der Waals surface area contributed by atoms with Gasteiger partial charge in [0.1, 0.15) is 11.6 Å². The van der Waals surface area contributed by atoms with Crippen molar-refractivity contribution in [2.45, 2.75) is 19.8 Å². The summed E-state index contributed by atoms with van der Waals surface area (Å²) < 4.78 is 18.7. The van der Waals surface area contributed by atoms with Crippen molar-refractivity contribution in [1.29, 1.82) is 0 Å². The van der Waals surface area contributed by atoms with Crippen LogP contribution in [-0.2, 0) is 6.42 Å². The molecular weight excluding hydrogens is 335 g/mol. The van der Waals surface area contributed by atoms with Crippen LogP contribution in [0.25, 0.3) is 11.3 Å². The molecule has 26 heavy (non-hydrogen) atoms. The van der Waals surface area contributed by atoms with E-state index >= 15 is 0 Å². The minimum absolute atomic E-state index is 0.329. The van der Waals surface area contributed by atoms with Crippen LogP contribution in [0.4, 0.5) is 21.8 Å². The van der Waals surface area contributed by atoms with E-state index < -0.39 is 0 Å². The summed E-state index contributed by atoms with van der Waals surface area (Å²) in [6, 6.07) is 7.96. The molecule has 8 heteroatoms. The van der Waals surface area contributed by atoms with E-state index in [2.05, 4.69) is 32.7 Å². The molecule has 4 N–H and O–H groups in total. The second-order valence-electron chi connectivity index (χ2n) is 5.74. The monoisotopic (exact) mass is 356 g/mol. The van der Waals surface area contributed by atoms with E-state index in [0.29, 0.717) is 41.7 Å². The Morgan fingerprint density at radius 3 is 2.92 bits per heavy atom. The summed E-state index contributed by atoms with van der Waals surface area (Å²) >= 11 is 0. The smallest absolute Gasteiger partial charge is 0.229 e. The van der Waals surface area contributed by atoms with Crippen molar-refractivity contribution in [3.8, 4) is 11.3 Å². The molecule has 7 nitrogen and oxygen atoms in total. The summed E-state index contributed by atoms with van der Waals surface area (Å²) in [5.74, 6) is 1.23. The molecule has 0 aliphatic heterocycles. The molecule has 136 valence electrons. The predicted molar refractivity (Wildman–Crippen MR) is 98.8 cm³/mol. The van der Waals surface area contributed by atoms with Crippen LogP contribution in [0.1, 0.15) is 19.0 Å². The molecule has 0 amide bonds. The zero-order chi connectivity index (χ0) is 18.4. The molecule has 0 unspecified atom stereocenters. The van der Waals surface area contributed by atoms with Gasteiger partial charge in [-0.15, -0.1) is 0 Å². The highest BCUT2D eigenvalue weighted by Crippen LogP contribution is 2.28. The van der Waals surface area contributed by atoms with E-state index in [1.54, 1.807) is 18.3 Å². The molecule has 0 fully saturated rings. The summed E-state index contributed by atoms with van der Waals surface area (Å²) in [5, 5.41) is 10.3. The van der Waals surface area contributed by atoms with Gasteiger partial charge in [-0.1, -0.05) is 18.1 Å². The van der Waals surface area contributed by atoms with Crippen LogP contribution >= 0.6 is 0 Å². The van der Waals surface area contributed by atoms with Gasteiger partial charge in [0.25, 0.3) is 0 Å². The molecule has 3 rings (SSSR count). The molecule has 0 aliphatic carbocycles. The first-order valence-corrected chi connectivity index (χ1v) is 8.49. The zero-order valence-electron chi connectivity index (χ0n) is 14.5. The Kier molecular flexibility index (Phi) is 5.75. The number of halogens is 1. The van der Waals surface area contributed by atoms with E-state index in [1.165, 1.54) is 12.1 Å². The van der Waals surface area contributed by atoms with Gasteiger partial charge in [0.05, 0.1) is 11.3 Å². The Balaban J connectivity index is 1.89. The molecule has 0 aliphatic rings. The summed E-state index contributed by atoms with van der Waals surface area (Å²) in [6.45, 7) is 3.31. The number of benzene rings is 1. The van der Waals surface area contributed by atoms with E-state index in [9.17, 15) is 4.39 Å². The van der Waals surface area contributed by atoms with Gasteiger partial charge in [0.15, 0.2) is 5.76 Å². The van der Waals surface area contributed by atoms with Crippen molar-refractivity contribution in [2.24, 2.45) is 5.73 Å². The fraction of sp³-hybridized carbons (Fsp3) is 0.278. The number of hydrogen-bond donors (Lipinski definition) is 3. The van der Waals surface area contributed by atoms with Crippen molar-refractivity contribution in [3.63, 3.8) is 0 Å². The quantitative estimate of drug-likeness (QED) is 0.569. The Hall–Kier alpha value is -3.00. The molecular formula is C18H21FN6O. The molecule has 0 atom stereocenters. The van der Waals surface area contributed by atoms with Crippen LogP contribution in [0.5, 0.6) is 0 Å². The Morgan fingerprint density at radius 1 is 1.27 bits per heavy atom. The van der Waals surface area contributed by atoms with Crippen LogP contribution in [0, 0.1) is 5.82 Å². The van der Waals surface area contributed by atoms with Crippen LogP contribution < -0.4 is 16.4 Å². The van der Waals surface area contributed by atoms with Crippen LogP contribution in [-0.4, -0.2) is 28.2 Å². The Morgan fingerprint density at radius 2 is 2.15 bits per heavy atom. The lowest BCUT2D eigenvalue weighted by atomic mass is 10.2. The maximum absolute atomic E-state index is 13.3. The number of nitrogens with one attached hydrogen (secondary N) is 2. The summed E-state index contributed by atoms with van der Waals surface area (Å²) in [7, 11) is 0. The molecule has 2 heterocycles. The number of aromatic nitrogens is 3. The standard InChI is InChI=1S/C18H21FN6O/c1-2-8-21-17-15(16-10-14(6-7-20)25-26-16)11-22-18(24-17)23-13-5-3-4-12(19)9-13/h3-5,9-11H,2,6-8,20H2,1H3,(H2,21,22,23,24). The molecule has 2 aromatic heterocycles. The summed E-state index contributed by atoms with van der Waals surface area (Å²) in [5.41, 5.74) is 7.62. The zero-order valence-corrected chi connectivity index (χ0v) is 14.5. The van der Waals surface area contributed by atoms with E-state index in [0.717, 1.165) is 18.7 Å². The van der Waals surface area contributed by atoms with Crippen LogP contribution in [0.15, 0.2) is 41.1 Å². The van der Waals surface area contributed by atoms with Gasteiger partial charge in [-0.3, -0.25) is 0 Å². The van der Waals surface area contributed by atoms with Crippen LogP contribution in [0.3, 0.4) is 0 Å². The average molecular weight is 356 g/mol. The number of hydrogen-bond acceptors (Lipinski definition) is 7. The predicted octanol–water partition coefficient (Wildman–Crippen LogP) is 3.34. The first-order valence-electron chi connectivity index (χ1n) is 8.49. The highest BCUT2D eigenvalue weighted by molar-refractivity contribution is 5.72. The third-order valence-corrected chi connectivity index (χ3v) is 3.64. The maximum Gasteiger partial charge on any atom is 0.229 e. The van der Waals surface area contributed by atoms with Gasteiger partial charge < -0.3 is 20.9 Å². The third-order valence-electron chi connectivity index (χ3n) is 3.64. The Bertz CT molecular complexity index is 866. The fourth-order valence-electron chi connectivity index (χ4n) is 2.40. The Labute approximate surface area is 150 Å². The van der Waals surface area contributed by atoms with Crippen molar-refractivity contribution >= 4 is 17.5 Å². The molecule has 0 saturated heterocycles. The van der Waals surface area contributed by atoms with Crippen molar-refractivity contribution in [2.75, 3.05) is 23.7 Å². The highest BCUT2D eigenvalue weighted by atomic mass is 19.1. The number of rotatable bonds is 8. The minimum Gasteiger partial charge on any atom is -0.369 e. The van der Waals surface area contributed by atoms with Crippen molar-refractivity contribution in [1.82, 2.24) is 15.1 Å². The van der Waals surface area contributed by atoms with Gasteiger partial charge >= 0.3 is 0 Å². The second-order valence-corrected chi connectivity index (χ2v) is 5.74.